The molecule has 1 saturated carbocycles. The molecule has 2 heterocycles. The Kier molecular flexibility index (Phi) is 6.58. The maximum Gasteiger partial charge on any atom is 0.226 e. The lowest BCUT2D eigenvalue weighted by Crippen LogP contribution is -2.50. The predicted molar refractivity (Wildman–Crippen MR) is 113 cm³/mol. The van der Waals surface area contributed by atoms with Crippen molar-refractivity contribution >= 4 is 11.6 Å². The highest BCUT2D eigenvalue weighted by molar-refractivity contribution is 6.03. The molecule has 7 nitrogen and oxygen atoms in total. The van der Waals surface area contributed by atoms with Crippen molar-refractivity contribution in [2.24, 2.45) is 10.6 Å². The van der Waals surface area contributed by atoms with Gasteiger partial charge in [0.05, 0.1) is 24.3 Å². The number of carbonyl (C=O) groups is 1. The Balaban J connectivity index is 1.42. The Morgan fingerprint density at radius 3 is 2.70 bits per heavy atom. The molecule has 1 aromatic rings. The third-order valence-corrected chi connectivity index (χ3v) is 6.73. The van der Waals surface area contributed by atoms with E-state index in [1.165, 1.54) is 0 Å². The first-order valence-electron chi connectivity index (χ1n) is 11.0. The van der Waals surface area contributed by atoms with Gasteiger partial charge in [0.25, 0.3) is 0 Å². The predicted octanol–water partition coefficient (Wildman–Crippen LogP) is 2.79. The molecular formula is C23H32N2O5. The van der Waals surface area contributed by atoms with E-state index in [2.05, 4.69) is 10.5 Å². The first-order valence-corrected chi connectivity index (χ1v) is 11.0. The van der Waals surface area contributed by atoms with Crippen LogP contribution >= 0.6 is 0 Å². The first kappa shape index (κ1) is 21.1. The second-order valence-corrected chi connectivity index (χ2v) is 8.75. The second kappa shape index (κ2) is 9.35. The summed E-state index contributed by atoms with van der Waals surface area (Å²) in [7, 11) is 1.65. The number of nitrogens with zero attached hydrogens (tertiary/aromatic N) is 1. The maximum absolute atomic E-state index is 13.4. The average molecular weight is 417 g/mol. The van der Waals surface area contributed by atoms with Crippen LogP contribution in [0.15, 0.2) is 29.4 Å². The van der Waals surface area contributed by atoms with Crippen molar-refractivity contribution in [3.63, 3.8) is 0 Å². The van der Waals surface area contributed by atoms with Crippen molar-refractivity contribution in [3.05, 3.63) is 29.8 Å². The fourth-order valence-corrected chi connectivity index (χ4v) is 4.86. The number of carbonyl (C=O) groups excluding carboxylic acids is 1. The normalized spacial score (nSPS) is 28.3. The van der Waals surface area contributed by atoms with E-state index in [9.17, 15) is 9.90 Å². The number of hydrogen-bond donors (Lipinski definition) is 2. The van der Waals surface area contributed by atoms with E-state index in [4.69, 9.17) is 14.3 Å². The summed E-state index contributed by atoms with van der Waals surface area (Å²) < 4.78 is 11.0. The monoisotopic (exact) mass is 416 g/mol. The number of oxime groups is 1. The zero-order chi connectivity index (χ0) is 21.0. The number of ether oxygens (including phenoxy) is 2. The van der Waals surface area contributed by atoms with Crippen LogP contribution in [-0.2, 0) is 14.4 Å². The summed E-state index contributed by atoms with van der Waals surface area (Å²) in [5.74, 6) is 0.875. The van der Waals surface area contributed by atoms with Crippen LogP contribution < -0.4 is 10.1 Å². The minimum atomic E-state index is -0.495. The molecule has 1 saturated heterocycles. The van der Waals surface area contributed by atoms with Crippen LogP contribution in [0.25, 0.3) is 0 Å². The number of aliphatic hydroxyl groups is 1. The van der Waals surface area contributed by atoms with Crippen LogP contribution in [0.2, 0.25) is 0 Å². The molecule has 2 fully saturated rings. The third-order valence-electron chi connectivity index (χ3n) is 6.73. The van der Waals surface area contributed by atoms with Gasteiger partial charge in [-0.3, -0.25) is 4.79 Å². The highest BCUT2D eigenvalue weighted by atomic mass is 16.6. The zero-order valence-corrected chi connectivity index (χ0v) is 17.6. The summed E-state index contributed by atoms with van der Waals surface area (Å²) in [6.07, 6.45) is 5.48. The van der Waals surface area contributed by atoms with E-state index >= 15 is 0 Å². The van der Waals surface area contributed by atoms with E-state index in [0.29, 0.717) is 38.9 Å². The van der Waals surface area contributed by atoms with Gasteiger partial charge in [-0.05, 0) is 50.7 Å². The summed E-state index contributed by atoms with van der Waals surface area (Å²) >= 11 is 0. The van der Waals surface area contributed by atoms with Crippen LogP contribution in [0.1, 0.15) is 56.9 Å². The molecule has 30 heavy (non-hydrogen) atoms. The summed E-state index contributed by atoms with van der Waals surface area (Å²) in [4.78, 5) is 19.1. The van der Waals surface area contributed by atoms with Crippen molar-refractivity contribution in [1.82, 2.24) is 5.32 Å². The summed E-state index contributed by atoms with van der Waals surface area (Å²) in [5.41, 5.74) is 1.31. The lowest BCUT2D eigenvalue weighted by atomic mass is 9.73. The van der Waals surface area contributed by atoms with Crippen molar-refractivity contribution in [2.45, 2.75) is 69.6 Å². The molecule has 1 aromatic carbocycles. The quantitative estimate of drug-likeness (QED) is 0.744. The van der Waals surface area contributed by atoms with Gasteiger partial charge in [0.1, 0.15) is 11.9 Å². The smallest absolute Gasteiger partial charge is 0.226 e. The Bertz CT molecular complexity index is 767. The van der Waals surface area contributed by atoms with E-state index < -0.39 is 5.41 Å². The van der Waals surface area contributed by atoms with Gasteiger partial charge in [-0.2, -0.15) is 0 Å². The molecule has 2 aliphatic heterocycles. The van der Waals surface area contributed by atoms with Gasteiger partial charge >= 0.3 is 0 Å². The summed E-state index contributed by atoms with van der Waals surface area (Å²) in [5, 5.41) is 17.3. The number of rotatable bonds is 6. The molecule has 0 radical (unpaired) electrons. The van der Waals surface area contributed by atoms with Crippen LogP contribution in [0.3, 0.4) is 0 Å². The summed E-state index contributed by atoms with van der Waals surface area (Å²) in [6.45, 7) is 1.17. The number of methoxy groups -OCH3 is 1. The van der Waals surface area contributed by atoms with Gasteiger partial charge in [-0.15, -0.1) is 0 Å². The SMILES string of the molecule is COc1ccccc1C1=NOC(CC2(C(=O)NC3CCC(O)CC3)CCOCC2)C1. The Morgan fingerprint density at radius 1 is 1.23 bits per heavy atom. The molecular weight excluding hydrogens is 384 g/mol. The molecule has 1 amide bonds. The number of nitrogens with one attached hydrogen (secondary N) is 1. The van der Waals surface area contributed by atoms with Crippen molar-refractivity contribution in [1.29, 1.82) is 0 Å². The molecule has 0 spiro atoms. The molecule has 4 rings (SSSR count). The molecule has 0 aromatic heterocycles. The fourth-order valence-electron chi connectivity index (χ4n) is 4.86. The number of amides is 1. The standard InChI is InChI=1S/C23H32N2O5/c1-28-21-5-3-2-4-19(21)20-14-18(30-25-20)15-23(10-12-29-13-11-23)22(27)24-16-6-8-17(26)9-7-16/h2-5,16-18,26H,6-15H2,1H3,(H,24,27). The number of benzene rings is 1. The minimum absolute atomic E-state index is 0.0986. The lowest BCUT2D eigenvalue weighted by Gasteiger charge is -2.38. The Labute approximate surface area is 177 Å². The second-order valence-electron chi connectivity index (χ2n) is 8.75. The number of para-hydroxylation sites is 1. The van der Waals surface area contributed by atoms with Gasteiger partial charge in [-0.1, -0.05) is 17.3 Å². The number of aliphatic hydroxyl groups excluding tert-OH is 1. The average Bonchev–Trinajstić information content (AvgIpc) is 3.24. The Hall–Kier alpha value is -2.12. The Morgan fingerprint density at radius 2 is 1.97 bits per heavy atom. The molecule has 1 aliphatic carbocycles. The van der Waals surface area contributed by atoms with Crippen LogP contribution in [0, 0.1) is 5.41 Å². The van der Waals surface area contributed by atoms with Crippen LogP contribution in [-0.4, -0.2) is 55.3 Å². The van der Waals surface area contributed by atoms with Gasteiger partial charge < -0.3 is 24.7 Å². The lowest BCUT2D eigenvalue weighted by molar-refractivity contribution is -0.141. The molecule has 3 aliphatic rings. The number of hydrogen-bond acceptors (Lipinski definition) is 6. The van der Waals surface area contributed by atoms with Crippen molar-refractivity contribution in [3.8, 4) is 5.75 Å². The molecule has 7 heteroatoms. The molecule has 2 N–H and O–H groups in total. The fraction of sp³-hybridized carbons (Fsp3) is 0.652. The molecule has 1 atom stereocenters. The van der Waals surface area contributed by atoms with Gasteiger partial charge in [0, 0.05) is 37.7 Å². The largest absolute Gasteiger partial charge is 0.496 e. The third kappa shape index (κ3) is 4.62. The first-order chi connectivity index (χ1) is 14.6. The van der Waals surface area contributed by atoms with E-state index in [1.807, 2.05) is 24.3 Å². The molecule has 1 unspecified atom stereocenters. The highest BCUT2D eigenvalue weighted by Crippen LogP contribution is 2.39. The van der Waals surface area contributed by atoms with Gasteiger partial charge in [0.15, 0.2) is 0 Å². The van der Waals surface area contributed by atoms with E-state index in [-0.39, 0.29) is 24.2 Å². The topological polar surface area (TPSA) is 89.4 Å². The van der Waals surface area contributed by atoms with Gasteiger partial charge in [-0.25, -0.2) is 0 Å². The van der Waals surface area contributed by atoms with Crippen LogP contribution in [0.5, 0.6) is 5.75 Å². The van der Waals surface area contributed by atoms with Crippen LogP contribution in [0.4, 0.5) is 0 Å². The van der Waals surface area contributed by atoms with E-state index in [0.717, 1.165) is 42.7 Å². The highest BCUT2D eigenvalue weighted by Gasteiger charge is 2.44. The van der Waals surface area contributed by atoms with Gasteiger partial charge in [0.2, 0.25) is 5.91 Å². The molecule has 164 valence electrons. The van der Waals surface area contributed by atoms with Crippen molar-refractivity contribution < 1.29 is 24.2 Å². The zero-order valence-electron chi connectivity index (χ0n) is 17.6. The molecule has 0 bridgehead atoms. The maximum atomic E-state index is 13.4. The minimum Gasteiger partial charge on any atom is -0.496 e. The van der Waals surface area contributed by atoms with E-state index in [1.54, 1.807) is 7.11 Å². The van der Waals surface area contributed by atoms with Crippen molar-refractivity contribution in [2.75, 3.05) is 20.3 Å². The summed E-state index contributed by atoms with van der Waals surface area (Å²) in [6, 6.07) is 7.94.